The number of rotatable bonds is 3. The van der Waals surface area contributed by atoms with Crippen LogP contribution in [0, 0.1) is 23.7 Å². The molecule has 1 aliphatic carbocycles. The Morgan fingerprint density at radius 1 is 0.690 bits per heavy atom. The highest BCUT2D eigenvalue weighted by atomic mass is 35.5. The highest BCUT2D eigenvalue weighted by Crippen LogP contribution is 2.24. The van der Waals surface area contributed by atoms with Crippen LogP contribution in [-0.2, 0) is 14.3 Å². The second-order valence-corrected chi connectivity index (χ2v) is 14.9. The highest BCUT2D eigenvalue weighted by Gasteiger charge is 2.29. The van der Waals surface area contributed by atoms with Crippen molar-refractivity contribution in [1.82, 2.24) is 14.7 Å². The minimum atomic E-state index is -0.446. The van der Waals surface area contributed by atoms with Crippen LogP contribution in [0.15, 0.2) is 0 Å². The van der Waals surface area contributed by atoms with E-state index >= 15 is 0 Å². The molecule has 0 N–H and O–H groups in total. The number of hydrogen-bond donors (Lipinski definition) is 0. The molecule has 0 aromatic heterocycles. The summed E-state index contributed by atoms with van der Waals surface area (Å²) < 4.78 is 10.7. The van der Waals surface area contributed by atoms with E-state index in [1.54, 1.807) is 4.90 Å². The van der Waals surface area contributed by atoms with Crippen LogP contribution in [0.4, 0.5) is 9.59 Å². The Bertz CT molecular complexity index is 790. The largest absolute Gasteiger partial charge is 0.444 e. The van der Waals surface area contributed by atoms with Crippen molar-refractivity contribution in [3.8, 4) is 0 Å². The summed E-state index contributed by atoms with van der Waals surface area (Å²) in [6.07, 6.45) is 11.6. The van der Waals surface area contributed by atoms with E-state index in [4.69, 9.17) is 9.47 Å². The van der Waals surface area contributed by atoms with E-state index in [0.717, 1.165) is 62.8 Å². The highest BCUT2D eigenvalue weighted by molar-refractivity contribution is 5.85. The average molecular weight is 616 g/mol. The maximum atomic E-state index is 12.0. The first-order valence-electron chi connectivity index (χ1n) is 16.3. The lowest BCUT2D eigenvalue weighted by molar-refractivity contribution is -0.112. The topological polar surface area (TPSA) is 79.4 Å². The summed E-state index contributed by atoms with van der Waals surface area (Å²) in [6.45, 7) is 22.7. The quantitative estimate of drug-likeness (QED) is 0.307. The fraction of sp³-hybridized carbons (Fsp3) is 0.909. The number of aldehydes is 1. The molecule has 246 valence electrons. The molecular formula is C33H62ClN3O5. The predicted octanol–water partition coefficient (Wildman–Crippen LogP) is 7.43. The third kappa shape index (κ3) is 15.8. The second-order valence-electron chi connectivity index (χ2n) is 14.9. The smallest absolute Gasteiger partial charge is 0.410 e. The van der Waals surface area contributed by atoms with Gasteiger partial charge in [-0.25, -0.2) is 9.59 Å². The van der Waals surface area contributed by atoms with Gasteiger partial charge < -0.3 is 29.0 Å². The number of likely N-dealkylation sites (tertiary alicyclic amines) is 3. The lowest BCUT2D eigenvalue weighted by Crippen LogP contribution is -2.43. The maximum absolute atomic E-state index is 12.0. The van der Waals surface area contributed by atoms with Gasteiger partial charge in [0.2, 0.25) is 0 Å². The lowest BCUT2D eigenvalue weighted by Gasteiger charge is -2.34. The van der Waals surface area contributed by atoms with E-state index in [9.17, 15) is 14.4 Å². The molecule has 0 spiro atoms. The van der Waals surface area contributed by atoms with Crippen LogP contribution >= 0.6 is 12.4 Å². The predicted molar refractivity (Wildman–Crippen MR) is 172 cm³/mol. The molecular weight excluding hydrogens is 554 g/mol. The van der Waals surface area contributed by atoms with Gasteiger partial charge >= 0.3 is 12.2 Å². The summed E-state index contributed by atoms with van der Waals surface area (Å²) in [5.41, 5.74) is -0.835. The van der Waals surface area contributed by atoms with E-state index < -0.39 is 5.60 Å². The van der Waals surface area contributed by atoms with Crippen molar-refractivity contribution in [3.05, 3.63) is 0 Å². The number of halogens is 1. The van der Waals surface area contributed by atoms with Crippen molar-refractivity contribution in [2.75, 3.05) is 45.8 Å². The van der Waals surface area contributed by atoms with Crippen LogP contribution in [0.5, 0.6) is 0 Å². The third-order valence-electron chi connectivity index (χ3n) is 8.32. The molecule has 3 saturated heterocycles. The zero-order valence-corrected chi connectivity index (χ0v) is 28.8. The normalized spacial score (nSPS) is 22.7. The van der Waals surface area contributed by atoms with Crippen LogP contribution < -0.4 is 0 Å². The molecule has 8 nitrogen and oxygen atoms in total. The second kappa shape index (κ2) is 18.3. The van der Waals surface area contributed by atoms with E-state index in [0.29, 0.717) is 13.1 Å². The molecule has 0 unspecified atom stereocenters. The van der Waals surface area contributed by atoms with Gasteiger partial charge in [0.05, 0.1) is 0 Å². The van der Waals surface area contributed by atoms with Gasteiger partial charge in [-0.05, 0) is 97.9 Å². The van der Waals surface area contributed by atoms with Crippen molar-refractivity contribution in [3.63, 3.8) is 0 Å². The van der Waals surface area contributed by atoms with Crippen LogP contribution in [0.2, 0.25) is 0 Å². The minimum Gasteiger partial charge on any atom is -0.444 e. The lowest BCUT2D eigenvalue weighted by atomic mass is 9.96. The molecule has 1 saturated carbocycles. The molecule has 3 heterocycles. The minimum absolute atomic E-state index is 0. The Labute approximate surface area is 263 Å². The zero-order chi connectivity index (χ0) is 30.6. The van der Waals surface area contributed by atoms with Crippen LogP contribution in [-0.4, -0.2) is 90.2 Å². The summed E-state index contributed by atoms with van der Waals surface area (Å²) in [5.74, 6) is 2.77. The molecule has 0 radical (unpaired) electrons. The number of carbonyl (C=O) groups is 3. The molecule has 1 atom stereocenters. The molecule has 42 heavy (non-hydrogen) atoms. The standard InChI is InChI=1S/C16H30N2O2.C11H19NO3.C6H12.ClH/c1-13-5-8-17(11-13)12-14-6-9-18(10-7-14)15(19)20-16(2,3)4;1-11(2,3)15-10(14)12-6-4-9(8-13)5-7-12;1-6-4-2-3-5-6;/h13-14H,5-12H2,1-4H3;8-9H,4-7H2,1-3H3;6H,2-5H2,1H3;1H/t13-;;;/m1.../s1. The van der Waals surface area contributed by atoms with Gasteiger partial charge in [-0.15, -0.1) is 12.4 Å². The third-order valence-corrected chi connectivity index (χ3v) is 8.32. The number of nitrogens with zero attached hydrogens (tertiary/aromatic N) is 3. The van der Waals surface area contributed by atoms with E-state index in [2.05, 4.69) is 18.7 Å². The van der Waals surface area contributed by atoms with Gasteiger partial charge in [0.1, 0.15) is 17.5 Å². The first-order valence-corrected chi connectivity index (χ1v) is 16.3. The molecule has 0 aromatic carbocycles. The fourth-order valence-electron chi connectivity index (χ4n) is 5.86. The Morgan fingerprint density at radius 3 is 1.48 bits per heavy atom. The molecule has 0 aromatic rings. The van der Waals surface area contributed by atoms with Crippen molar-refractivity contribution in [1.29, 1.82) is 0 Å². The number of carbonyl (C=O) groups excluding carboxylic acids is 3. The average Bonchev–Trinajstić information content (AvgIpc) is 3.53. The Balaban J connectivity index is 0.000000352. The SMILES string of the molecule is CC(C)(C)OC(=O)N1CCC(C=O)CC1.CC1CCCC1.C[C@@H]1CCN(CC2CCN(C(=O)OC(C)(C)C)CC2)C1.Cl. The van der Waals surface area contributed by atoms with E-state index in [-0.39, 0.29) is 36.1 Å². The molecule has 9 heteroatoms. The Hall–Kier alpha value is -1.54. The summed E-state index contributed by atoms with van der Waals surface area (Å²) in [4.78, 5) is 40.3. The van der Waals surface area contributed by atoms with Gasteiger partial charge in [0, 0.05) is 45.2 Å². The van der Waals surface area contributed by atoms with Crippen LogP contribution in [0.25, 0.3) is 0 Å². The number of amides is 2. The monoisotopic (exact) mass is 615 g/mol. The first kappa shape index (κ1) is 38.5. The fourth-order valence-corrected chi connectivity index (χ4v) is 5.86. The summed E-state index contributed by atoms with van der Waals surface area (Å²) in [5, 5.41) is 0. The maximum Gasteiger partial charge on any atom is 0.410 e. The molecule has 0 bridgehead atoms. The van der Waals surface area contributed by atoms with Gasteiger partial charge in [-0.3, -0.25) is 0 Å². The van der Waals surface area contributed by atoms with Crippen molar-refractivity contribution < 1.29 is 23.9 Å². The van der Waals surface area contributed by atoms with Crippen LogP contribution in [0.1, 0.15) is 113 Å². The Kier molecular flexibility index (Phi) is 16.8. The van der Waals surface area contributed by atoms with Gasteiger partial charge in [-0.1, -0.05) is 39.5 Å². The van der Waals surface area contributed by atoms with Crippen molar-refractivity contribution >= 4 is 30.9 Å². The zero-order valence-electron chi connectivity index (χ0n) is 28.0. The van der Waals surface area contributed by atoms with Gasteiger partial charge in [0.15, 0.2) is 0 Å². The summed E-state index contributed by atoms with van der Waals surface area (Å²) in [6, 6.07) is 0. The van der Waals surface area contributed by atoms with Gasteiger partial charge in [0.25, 0.3) is 0 Å². The number of piperidine rings is 2. The molecule has 2 amide bonds. The van der Waals surface area contributed by atoms with E-state index in [1.165, 1.54) is 51.7 Å². The summed E-state index contributed by atoms with van der Waals surface area (Å²) in [7, 11) is 0. The molecule has 3 aliphatic heterocycles. The molecule has 4 fully saturated rings. The Morgan fingerprint density at radius 2 is 1.14 bits per heavy atom. The molecule has 4 rings (SSSR count). The first-order chi connectivity index (χ1) is 19.1. The van der Waals surface area contributed by atoms with Crippen LogP contribution in [0.3, 0.4) is 0 Å². The van der Waals surface area contributed by atoms with E-state index in [1.807, 2.05) is 46.4 Å². The molecule has 4 aliphatic rings. The summed E-state index contributed by atoms with van der Waals surface area (Å²) >= 11 is 0. The van der Waals surface area contributed by atoms with Crippen molar-refractivity contribution in [2.24, 2.45) is 23.7 Å². The van der Waals surface area contributed by atoms with Gasteiger partial charge in [-0.2, -0.15) is 0 Å². The van der Waals surface area contributed by atoms with Crippen molar-refractivity contribution in [2.45, 2.75) is 124 Å². The number of ether oxygens (including phenoxy) is 2. The number of hydrogen-bond acceptors (Lipinski definition) is 6.